The molecule has 3 rings (SSSR count). The highest BCUT2D eigenvalue weighted by Gasteiger charge is 2.05. The van der Waals surface area contributed by atoms with E-state index in [2.05, 4.69) is 24.3 Å². The van der Waals surface area contributed by atoms with E-state index in [1.165, 1.54) is 11.1 Å². The van der Waals surface area contributed by atoms with Gasteiger partial charge < -0.3 is 13.9 Å². The van der Waals surface area contributed by atoms with Gasteiger partial charge in [-0.3, -0.25) is 0 Å². The van der Waals surface area contributed by atoms with Crippen LogP contribution in [0.25, 0.3) is 0 Å². The zero-order valence-electron chi connectivity index (χ0n) is 13.4. The zero-order chi connectivity index (χ0) is 16.1. The van der Waals surface area contributed by atoms with Gasteiger partial charge in [0.2, 0.25) is 0 Å². The second-order valence-corrected chi connectivity index (χ2v) is 5.42. The van der Waals surface area contributed by atoms with Crippen LogP contribution < -0.4 is 9.47 Å². The van der Waals surface area contributed by atoms with Crippen molar-refractivity contribution in [2.24, 2.45) is 0 Å². The van der Waals surface area contributed by atoms with Gasteiger partial charge in [-0.1, -0.05) is 24.3 Å². The van der Waals surface area contributed by atoms with Gasteiger partial charge in [-0.05, 0) is 47.5 Å². The predicted octanol–water partition coefficient (Wildman–Crippen LogP) is 4.48. The Labute approximate surface area is 136 Å². The monoisotopic (exact) mass is 308 g/mol. The lowest BCUT2D eigenvalue weighted by Crippen LogP contribution is -1.88. The summed E-state index contributed by atoms with van der Waals surface area (Å²) in [5, 5.41) is 0. The third-order valence-corrected chi connectivity index (χ3v) is 3.79. The van der Waals surface area contributed by atoms with E-state index in [0.29, 0.717) is 0 Å². The Bertz CT molecular complexity index is 675. The van der Waals surface area contributed by atoms with Gasteiger partial charge in [-0.2, -0.15) is 0 Å². The highest BCUT2D eigenvalue weighted by molar-refractivity contribution is 5.31. The van der Waals surface area contributed by atoms with Gasteiger partial charge in [0.25, 0.3) is 0 Å². The van der Waals surface area contributed by atoms with Crippen molar-refractivity contribution in [3.05, 3.63) is 83.3 Å². The summed E-state index contributed by atoms with van der Waals surface area (Å²) in [5.41, 5.74) is 2.41. The van der Waals surface area contributed by atoms with E-state index in [-0.39, 0.29) is 0 Å². The van der Waals surface area contributed by atoms with Gasteiger partial charge in [-0.15, -0.1) is 0 Å². The van der Waals surface area contributed by atoms with Gasteiger partial charge in [0.15, 0.2) is 0 Å². The maximum Gasteiger partial charge on any atom is 0.118 e. The number of hydrogen-bond donors (Lipinski definition) is 0. The first kappa shape index (κ1) is 15.2. The van der Waals surface area contributed by atoms with E-state index >= 15 is 0 Å². The lowest BCUT2D eigenvalue weighted by molar-refractivity contribution is 0.414. The highest BCUT2D eigenvalue weighted by Crippen LogP contribution is 2.19. The van der Waals surface area contributed by atoms with Gasteiger partial charge in [0.1, 0.15) is 23.0 Å². The number of benzene rings is 2. The molecule has 0 aliphatic carbocycles. The lowest BCUT2D eigenvalue weighted by Gasteiger charge is -2.03. The Morgan fingerprint density at radius 2 is 1.00 bits per heavy atom. The molecule has 0 atom stereocenters. The van der Waals surface area contributed by atoms with Crippen molar-refractivity contribution in [3.8, 4) is 11.5 Å². The average Bonchev–Trinajstić information content (AvgIpc) is 3.03. The number of furan rings is 1. The minimum Gasteiger partial charge on any atom is -0.497 e. The molecule has 0 bridgehead atoms. The van der Waals surface area contributed by atoms with Crippen LogP contribution in [0.1, 0.15) is 22.6 Å². The summed E-state index contributed by atoms with van der Waals surface area (Å²) in [6, 6.07) is 20.2. The molecule has 3 nitrogen and oxygen atoms in total. The van der Waals surface area contributed by atoms with Crippen LogP contribution in [-0.4, -0.2) is 14.2 Å². The minimum atomic E-state index is 0.784. The maximum atomic E-state index is 5.94. The first-order valence-corrected chi connectivity index (χ1v) is 7.60. The molecular weight excluding hydrogens is 288 g/mol. The van der Waals surface area contributed by atoms with Crippen molar-refractivity contribution in [2.75, 3.05) is 14.2 Å². The van der Waals surface area contributed by atoms with Gasteiger partial charge in [0, 0.05) is 12.8 Å². The van der Waals surface area contributed by atoms with E-state index in [4.69, 9.17) is 13.9 Å². The fourth-order valence-corrected chi connectivity index (χ4v) is 2.50. The van der Waals surface area contributed by atoms with E-state index in [9.17, 15) is 0 Å². The minimum absolute atomic E-state index is 0.784. The molecule has 1 aromatic heterocycles. The van der Waals surface area contributed by atoms with Crippen LogP contribution >= 0.6 is 0 Å². The van der Waals surface area contributed by atoms with Crippen LogP contribution in [-0.2, 0) is 12.8 Å². The van der Waals surface area contributed by atoms with Gasteiger partial charge >= 0.3 is 0 Å². The van der Waals surface area contributed by atoms with Crippen molar-refractivity contribution in [3.63, 3.8) is 0 Å². The molecule has 2 aromatic carbocycles. The fraction of sp³-hybridized carbons (Fsp3) is 0.200. The van der Waals surface area contributed by atoms with Crippen LogP contribution in [0.15, 0.2) is 65.1 Å². The fourth-order valence-electron chi connectivity index (χ4n) is 2.50. The van der Waals surface area contributed by atoms with Crippen LogP contribution in [0.5, 0.6) is 11.5 Å². The zero-order valence-corrected chi connectivity index (χ0v) is 13.4. The smallest absolute Gasteiger partial charge is 0.118 e. The quantitative estimate of drug-likeness (QED) is 0.673. The Balaban J connectivity index is 1.64. The Kier molecular flexibility index (Phi) is 4.67. The molecular formula is C20H20O3. The lowest BCUT2D eigenvalue weighted by atomic mass is 10.1. The van der Waals surface area contributed by atoms with E-state index in [1.54, 1.807) is 14.2 Å². The van der Waals surface area contributed by atoms with E-state index in [1.807, 2.05) is 36.4 Å². The molecule has 118 valence electrons. The molecule has 3 aromatic rings. The number of hydrogen-bond acceptors (Lipinski definition) is 3. The van der Waals surface area contributed by atoms with Crippen LogP contribution in [0.2, 0.25) is 0 Å². The SMILES string of the molecule is COc1ccc(Cc2ccc(Cc3ccc(OC)cc3)o2)cc1. The van der Waals surface area contributed by atoms with Crippen molar-refractivity contribution in [1.82, 2.24) is 0 Å². The molecule has 1 heterocycles. The van der Waals surface area contributed by atoms with Crippen molar-refractivity contribution >= 4 is 0 Å². The molecule has 0 saturated heterocycles. The topological polar surface area (TPSA) is 31.6 Å². The molecule has 0 saturated carbocycles. The predicted molar refractivity (Wildman–Crippen MR) is 90.3 cm³/mol. The molecule has 0 unspecified atom stereocenters. The summed E-state index contributed by atoms with van der Waals surface area (Å²) in [5.74, 6) is 3.68. The van der Waals surface area contributed by atoms with Crippen LogP contribution in [0.4, 0.5) is 0 Å². The summed E-state index contributed by atoms with van der Waals surface area (Å²) >= 11 is 0. The normalized spacial score (nSPS) is 10.5. The Hall–Kier alpha value is -2.68. The molecule has 0 aliphatic heterocycles. The molecule has 3 heteroatoms. The number of rotatable bonds is 6. The summed E-state index contributed by atoms with van der Waals surface area (Å²) in [6.45, 7) is 0. The molecule has 0 radical (unpaired) electrons. The third kappa shape index (κ3) is 3.95. The van der Waals surface area contributed by atoms with Crippen LogP contribution in [0.3, 0.4) is 0 Å². The van der Waals surface area contributed by atoms with E-state index in [0.717, 1.165) is 35.9 Å². The molecule has 0 spiro atoms. The van der Waals surface area contributed by atoms with Crippen molar-refractivity contribution in [2.45, 2.75) is 12.8 Å². The largest absolute Gasteiger partial charge is 0.497 e. The first-order chi connectivity index (χ1) is 11.3. The van der Waals surface area contributed by atoms with Gasteiger partial charge in [-0.25, -0.2) is 0 Å². The molecule has 0 aliphatic rings. The summed E-state index contributed by atoms with van der Waals surface area (Å²) in [6.07, 6.45) is 1.57. The first-order valence-electron chi connectivity index (χ1n) is 7.60. The van der Waals surface area contributed by atoms with Crippen molar-refractivity contribution in [1.29, 1.82) is 0 Å². The highest BCUT2D eigenvalue weighted by atomic mass is 16.5. The third-order valence-electron chi connectivity index (χ3n) is 3.79. The summed E-state index contributed by atoms with van der Waals surface area (Å²) in [4.78, 5) is 0. The molecule has 0 amide bonds. The standard InChI is InChI=1S/C20H20O3/c1-21-17-7-3-15(4-8-17)13-19-11-12-20(23-19)14-16-5-9-18(22-2)10-6-16/h3-12H,13-14H2,1-2H3. The summed E-state index contributed by atoms with van der Waals surface area (Å²) in [7, 11) is 3.35. The molecule has 0 fully saturated rings. The molecule has 0 N–H and O–H groups in total. The number of methoxy groups -OCH3 is 2. The second-order valence-electron chi connectivity index (χ2n) is 5.42. The molecule has 23 heavy (non-hydrogen) atoms. The van der Waals surface area contributed by atoms with Crippen LogP contribution in [0, 0.1) is 0 Å². The Morgan fingerprint density at radius 3 is 1.35 bits per heavy atom. The average molecular weight is 308 g/mol. The maximum absolute atomic E-state index is 5.94. The van der Waals surface area contributed by atoms with E-state index < -0.39 is 0 Å². The van der Waals surface area contributed by atoms with Gasteiger partial charge in [0.05, 0.1) is 14.2 Å². The Morgan fingerprint density at radius 1 is 0.609 bits per heavy atom. The second kappa shape index (κ2) is 7.05. The summed E-state index contributed by atoms with van der Waals surface area (Å²) < 4.78 is 16.3. The van der Waals surface area contributed by atoms with Crippen molar-refractivity contribution < 1.29 is 13.9 Å². The number of ether oxygens (including phenoxy) is 2.